The highest BCUT2D eigenvalue weighted by atomic mass is 16.2. The SMILES string of the molecule is O=C1N[C@@H](c2ccccc2)[C@H](c2ccccc2)NC(=O)C2=CN(C=CC2)Cc2cccc(c2)CN2C=CCC1=C2. The Morgan fingerprint density at radius 3 is 1.48 bits per heavy atom. The minimum Gasteiger partial charge on any atom is -0.350 e. The Balaban J connectivity index is 1.44. The van der Waals surface area contributed by atoms with Crippen LogP contribution in [0.3, 0.4) is 0 Å². The van der Waals surface area contributed by atoms with Crippen LogP contribution in [0.15, 0.2) is 133 Å². The molecule has 6 heteroatoms. The van der Waals surface area contributed by atoms with Crippen LogP contribution in [0.2, 0.25) is 0 Å². The van der Waals surface area contributed by atoms with E-state index < -0.39 is 12.1 Å². The molecule has 2 N–H and O–H groups in total. The normalized spacial score (nSPS) is 21.1. The van der Waals surface area contributed by atoms with Crippen molar-refractivity contribution in [1.29, 1.82) is 0 Å². The van der Waals surface area contributed by atoms with E-state index in [1.165, 1.54) is 0 Å². The fraction of sp³-hybridized carbons (Fsp3) is 0.176. The average molecular weight is 529 g/mol. The molecular formula is C34H32N4O2. The molecule has 0 spiro atoms. The first-order valence-corrected chi connectivity index (χ1v) is 13.7. The van der Waals surface area contributed by atoms with Gasteiger partial charge in [0.15, 0.2) is 0 Å². The number of benzene rings is 3. The standard InChI is InChI=1S/C34H32N4O2/c39-33-29-16-8-18-37(23-29)21-25-10-7-11-26(20-25)22-38-19-9-17-30(24-38)34(40)36-32(28-14-5-2-6-15-28)31(35-33)27-12-3-1-4-13-27/h1-15,18-20,23-24,31-32H,16-17,21-22H2,(H,35,39)(H,36,40)/t31-,32-/m0/s1. The highest BCUT2D eigenvalue weighted by Gasteiger charge is 2.30. The molecule has 3 aromatic rings. The van der Waals surface area contributed by atoms with E-state index in [-0.39, 0.29) is 11.8 Å². The van der Waals surface area contributed by atoms with Crippen molar-refractivity contribution in [1.82, 2.24) is 20.4 Å². The molecule has 40 heavy (non-hydrogen) atoms. The van der Waals surface area contributed by atoms with Crippen LogP contribution in [-0.4, -0.2) is 21.6 Å². The molecular weight excluding hydrogens is 496 g/mol. The van der Waals surface area contributed by atoms with Gasteiger partial charge in [0.05, 0.1) is 12.1 Å². The van der Waals surface area contributed by atoms with Gasteiger partial charge in [0.2, 0.25) is 11.8 Å². The van der Waals surface area contributed by atoms with Crippen molar-refractivity contribution >= 4 is 11.8 Å². The van der Waals surface area contributed by atoms with E-state index in [1.54, 1.807) is 0 Å². The third kappa shape index (κ3) is 5.76. The maximum Gasteiger partial charge on any atom is 0.249 e. The zero-order valence-electron chi connectivity index (χ0n) is 22.2. The zero-order valence-corrected chi connectivity index (χ0v) is 22.2. The van der Waals surface area contributed by atoms with Crippen LogP contribution in [0.4, 0.5) is 0 Å². The summed E-state index contributed by atoms with van der Waals surface area (Å²) in [5.41, 5.74) is 5.49. The monoisotopic (exact) mass is 528 g/mol. The summed E-state index contributed by atoms with van der Waals surface area (Å²) in [5, 5.41) is 6.57. The van der Waals surface area contributed by atoms with Crippen molar-refractivity contribution in [3.05, 3.63) is 155 Å². The molecule has 0 fully saturated rings. The van der Waals surface area contributed by atoms with Crippen LogP contribution in [0.5, 0.6) is 0 Å². The molecule has 0 saturated carbocycles. The third-order valence-corrected chi connectivity index (χ3v) is 7.44. The Morgan fingerprint density at radius 1 is 0.575 bits per heavy atom. The molecule has 0 radical (unpaired) electrons. The van der Waals surface area contributed by atoms with E-state index in [0.29, 0.717) is 37.1 Å². The van der Waals surface area contributed by atoms with E-state index in [2.05, 4.69) is 44.7 Å². The van der Waals surface area contributed by atoms with E-state index in [1.807, 2.05) is 97.6 Å². The predicted molar refractivity (Wildman–Crippen MR) is 156 cm³/mol. The summed E-state index contributed by atoms with van der Waals surface area (Å²) in [6, 6.07) is 27.2. The summed E-state index contributed by atoms with van der Waals surface area (Å²) in [7, 11) is 0. The minimum atomic E-state index is -0.484. The molecule has 200 valence electrons. The second-order valence-electron chi connectivity index (χ2n) is 10.4. The highest BCUT2D eigenvalue weighted by Crippen LogP contribution is 2.31. The Labute approximate surface area is 235 Å². The number of carbonyl (C=O) groups is 2. The Morgan fingerprint density at radius 2 is 1.02 bits per heavy atom. The van der Waals surface area contributed by atoms with E-state index in [4.69, 9.17) is 0 Å². The lowest BCUT2D eigenvalue weighted by atomic mass is 9.92. The predicted octanol–water partition coefficient (Wildman–Crippen LogP) is 5.62. The van der Waals surface area contributed by atoms with Crippen LogP contribution in [0.1, 0.15) is 47.2 Å². The van der Waals surface area contributed by atoms with Crippen molar-refractivity contribution in [3.63, 3.8) is 0 Å². The highest BCUT2D eigenvalue weighted by molar-refractivity contribution is 5.95. The first-order chi connectivity index (χ1) is 19.6. The lowest BCUT2D eigenvalue weighted by Crippen LogP contribution is -2.42. The molecule has 0 aliphatic carbocycles. The van der Waals surface area contributed by atoms with Gasteiger partial charge >= 0.3 is 0 Å². The molecule has 3 aliphatic heterocycles. The largest absolute Gasteiger partial charge is 0.350 e. The Kier molecular flexibility index (Phi) is 7.31. The first-order valence-electron chi connectivity index (χ1n) is 13.7. The molecule has 0 saturated heterocycles. The van der Waals surface area contributed by atoms with Crippen LogP contribution < -0.4 is 10.6 Å². The molecule has 3 aromatic carbocycles. The van der Waals surface area contributed by atoms with Crippen molar-refractivity contribution in [2.75, 3.05) is 0 Å². The number of hydrogen-bond acceptors (Lipinski definition) is 4. The maximum atomic E-state index is 13.8. The minimum absolute atomic E-state index is 0.151. The molecule has 3 heterocycles. The lowest BCUT2D eigenvalue weighted by molar-refractivity contribution is -0.121. The molecule has 6 bridgehead atoms. The van der Waals surface area contributed by atoms with Gasteiger partial charge in [-0.3, -0.25) is 9.59 Å². The molecule has 6 rings (SSSR count). The number of hydrogen-bond donors (Lipinski definition) is 2. The summed E-state index contributed by atoms with van der Waals surface area (Å²) >= 11 is 0. The van der Waals surface area contributed by atoms with Gasteiger partial charge < -0.3 is 20.4 Å². The topological polar surface area (TPSA) is 64.7 Å². The number of nitrogens with zero attached hydrogens (tertiary/aromatic N) is 2. The van der Waals surface area contributed by atoms with Gasteiger partial charge in [-0.2, -0.15) is 0 Å². The summed E-state index contributed by atoms with van der Waals surface area (Å²) in [4.78, 5) is 31.7. The van der Waals surface area contributed by atoms with Crippen LogP contribution in [0, 0.1) is 0 Å². The molecule has 2 amide bonds. The fourth-order valence-corrected chi connectivity index (χ4v) is 5.48. The number of allylic oxidation sites excluding steroid dienone is 2. The zero-order chi connectivity index (χ0) is 27.3. The second-order valence-corrected chi connectivity index (χ2v) is 10.4. The third-order valence-electron chi connectivity index (χ3n) is 7.44. The number of fused-ring (bicyclic) bond motifs is 4. The van der Waals surface area contributed by atoms with Gasteiger partial charge in [-0.25, -0.2) is 0 Å². The molecule has 0 unspecified atom stereocenters. The van der Waals surface area contributed by atoms with Gasteiger partial charge in [0, 0.05) is 49.0 Å². The van der Waals surface area contributed by atoms with Crippen molar-refractivity contribution in [3.8, 4) is 0 Å². The van der Waals surface area contributed by atoms with Gasteiger partial charge in [-0.1, -0.05) is 97.1 Å². The van der Waals surface area contributed by atoms with Crippen molar-refractivity contribution in [2.24, 2.45) is 0 Å². The maximum absolute atomic E-state index is 13.8. The molecule has 6 nitrogen and oxygen atoms in total. The number of rotatable bonds is 2. The van der Waals surface area contributed by atoms with Crippen LogP contribution in [0.25, 0.3) is 0 Å². The lowest BCUT2D eigenvalue weighted by Gasteiger charge is -2.31. The second kappa shape index (κ2) is 11.5. The van der Waals surface area contributed by atoms with Gasteiger partial charge in [0.25, 0.3) is 0 Å². The number of nitrogens with one attached hydrogen (secondary N) is 2. The van der Waals surface area contributed by atoms with Crippen LogP contribution >= 0.6 is 0 Å². The number of amides is 2. The summed E-state index contributed by atoms with van der Waals surface area (Å²) < 4.78 is 0. The average Bonchev–Trinajstić information content (AvgIpc) is 2.99. The summed E-state index contributed by atoms with van der Waals surface area (Å²) in [6.45, 7) is 1.32. The summed E-state index contributed by atoms with van der Waals surface area (Å²) in [5.74, 6) is -0.301. The molecule has 3 aliphatic rings. The van der Waals surface area contributed by atoms with Gasteiger partial charge in [-0.15, -0.1) is 0 Å². The fourth-order valence-electron chi connectivity index (χ4n) is 5.48. The van der Waals surface area contributed by atoms with Crippen molar-refractivity contribution < 1.29 is 9.59 Å². The molecule has 0 aromatic heterocycles. The Hall–Kier alpha value is -4.84. The summed E-state index contributed by atoms with van der Waals surface area (Å²) in [6.07, 6.45) is 13.0. The number of carbonyl (C=O) groups excluding carboxylic acids is 2. The Bertz CT molecular complexity index is 1400. The van der Waals surface area contributed by atoms with Crippen LogP contribution in [-0.2, 0) is 22.7 Å². The van der Waals surface area contributed by atoms with Gasteiger partial charge in [-0.05, 0) is 35.1 Å². The van der Waals surface area contributed by atoms with E-state index in [9.17, 15) is 9.59 Å². The smallest absolute Gasteiger partial charge is 0.249 e. The van der Waals surface area contributed by atoms with E-state index in [0.717, 1.165) is 22.3 Å². The first kappa shape index (κ1) is 25.4. The quantitative estimate of drug-likeness (QED) is 0.453. The van der Waals surface area contributed by atoms with Crippen molar-refractivity contribution in [2.45, 2.75) is 38.0 Å². The van der Waals surface area contributed by atoms with E-state index >= 15 is 0 Å². The van der Waals surface area contributed by atoms with Gasteiger partial charge in [0.1, 0.15) is 0 Å². The molecule has 2 atom stereocenters.